The fourth-order valence-corrected chi connectivity index (χ4v) is 3.97. The molecule has 1 aliphatic heterocycles. The van der Waals surface area contributed by atoms with Gasteiger partial charge in [-0.05, 0) is 52.4 Å². The van der Waals surface area contributed by atoms with Gasteiger partial charge in [-0.2, -0.15) is 0 Å². The smallest absolute Gasteiger partial charge is 0.228 e. The van der Waals surface area contributed by atoms with Crippen molar-refractivity contribution in [1.29, 1.82) is 0 Å². The number of aliphatic hydroxyl groups is 1. The molecule has 3 rings (SSSR count). The number of aromatic nitrogens is 3. The van der Waals surface area contributed by atoms with Gasteiger partial charge >= 0.3 is 0 Å². The largest absolute Gasteiger partial charge is 0.390 e. The summed E-state index contributed by atoms with van der Waals surface area (Å²) in [6.45, 7) is 5.94. The quantitative estimate of drug-likeness (QED) is 0.819. The van der Waals surface area contributed by atoms with E-state index >= 15 is 0 Å². The molecule has 2 fully saturated rings. The van der Waals surface area contributed by atoms with Crippen LogP contribution in [0.5, 0.6) is 0 Å². The zero-order valence-electron chi connectivity index (χ0n) is 13.1. The highest BCUT2D eigenvalue weighted by molar-refractivity contribution is 7.99. The second-order valence-corrected chi connectivity index (χ2v) is 7.90. The molecule has 0 radical (unpaired) electrons. The van der Waals surface area contributed by atoms with E-state index in [2.05, 4.69) is 19.7 Å². The van der Waals surface area contributed by atoms with E-state index in [1.165, 1.54) is 32.1 Å². The summed E-state index contributed by atoms with van der Waals surface area (Å²) in [4.78, 5) is 2.40. The third kappa shape index (κ3) is 3.92. The predicted octanol–water partition coefficient (Wildman–Crippen LogP) is 2.86. The molecule has 1 aliphatic carbocycles. The van der Waals surface area contributed by atoms with Crippen molar-refractivity contribution >= 4 is 17.7 Å². The van der Waals surface area contributed by atoms with Crippen molar-refractivity contribution in [3.63, 3.8) is 0 Å². The van der Waals surface area contributed by atoms with Gasteiger partial charge in [0.15, 0.2) is 5.16 Å². The number of rotatable bonds is 6. The predicted molar refractivity (Wildman–Crippen MR) is 86.0 cm³/mol. The topological polar surface area (TPSA) is 54.2 Å². The SMILES string of the molecule is CC(C)(O)CCSc1nnc(N2CCCCC2)n1C1CC1. The Hall–Kier alpha value is -0.750. The van der Waals surface area contributed by atoms with Gasteiger partial charge < -0.3 is 10.0 Å². The van der Waals surface area contributed by atoms with Gasteiger partial charge in [-0.1, -0.05) is 11.8 Å². The summed E-state index contributed by atoms with van der Waals surface area (Å²) in [5.74, 6) is 1.96. The van der Waals surface area contributed by atoms with Crippen molar-refractivity contribution in [3.05, 3.63) is 0 Å². The molecule has 2 heterocycles. The Balaban J connectivity index is 1.70. The number of thioether (sulfide) groups is 1. The maximum Gasteiger partial charge on any atom is 0.228 e. The summed E-state index contributed by atoms with van der Waals surface area (Å²) < 4.78 is 2.35. The third-order valence-electron chi connectivity index (χ3n) is 4.14. The maximum atomic E-state index is 9.83. The van der Waals surface area contributed by atoms with E-state index in [1.54, 1.807) is 11.8 Å². The Morgan fingerprint density at radius 3 is 2.52 bits per heavy atom. The third-order valence-corrected chi connectivity index (χ3v) is 5.09. The minimum atomic E-state index is -0.604. The number of piperidine rings is 1. The van der Waals surface area contributed by atoms with E-state index in [1.807, 2.05) is 13.8 Å². The molecule has 0 spiro atoms. The van der Waals surface area contributed by atoms with E-state index in [4.69, 9.17) is 0 Å². The van der Waals surface area contributed by atoms with Gasteiger partial charge in [-0.25, -0.2) is 0 Å². The van der Waals surface area contributed by atoms with Crippen LogP contribution in [0.3, 0.4) is 0 Å². The lowest BCUT2D eigenvalue weighted by atomic mass is 10.1. The molecule has 1 saturated carbocycles. The van der Waals surface area contributed by atoms with Crippen LogP contribution in [0, 0.1) is 0 Å². The summed E-state index contributed by atoms with van der Waals surface area (Å²) in [5, 5.41) is 19.8. The minimum Gasteiger partial charge on any atom is -0.390 e. The monoisotopic (exact) mass is 310 g/mol. The van der Waals surface area contributed by atoms with Gasteiger partial charge in [0.1, 0.15) is 0 Å². The molecule has 5 nitrogen and oxygen atoms in total. The van der Waals surface area contributed by atoms with Gasteiger partial charge in [0.05, 0.1) is 5.60 Å². The fourth-order valence-electron chi connectivity index (χ4n) is 2.72. The first-order chi connectivity index (χ1) is 10.0. The molecule has 0 atom stereocenters. The highest BCUT2D eigenvalue weighted by atomic mass is 32.2. The van der Waals surface area contributed by atoms with Crippen LogP contribution in [0.15, 0.2) is 5.16 Å². The lowest BCUT2D eigenvalue weighted by molar-refractivity contribution is 0.0777. The number of anilines is 1. The summed E-state index contributed by atoms with van der Waals surface area (Å²) in [7, 11) is 0. The molecule has 0 unspecified atom stereocenters. The van der Waals surface area contributed by atoms with Crippen molar-refractivity contribution in [2.75, 3.05) is 23.7 Å². The average Bonchev–Trinajstić information content (AvgIpc) is 3.19. The summed E-state index contributed by atoms with van der Waals surface area (Å²) in [5.41, 5.74) is -0.604. The second kappa shape index (κ2) is 6.16. The molecule has 0 aromatic carbocycles. The van der Waals surface area contributed by atoms with Crippen molar-refractivity contribution in [1.82, 2.24) is 14.8 Å². The number of hydrogen-bond donors (Lipinski definition) is 1. The van der Waals surface area contributed by atoms with Crippen LogP contribution in [0.25, 0.3) is 0 Å². The lowest BCUT2D eigenvalue weighted by Crippen LogP contribution is -2.31. The van der Waals surface area contributed by atoms with E-state index in [0.717, 1.165) is 36.4 Å². The van der Waals surface area contributed by atoms with Crippen LogP contribution < -0.4 is 4.90 Å². The van der Waals surface area contributed by atoms with Crippen LogP contribution >= 0.6 is 11.8 Å². The molecule has 0 bridgehead atoms. The zero-order chi connectivity index (χ0) is 14.9. The van der Waals surface area contributed by atoms with Gasteiger partial charge in [-0.3, -0.25) is 4.57 Å². The Morgan fingerprint density at radius 2 is 1.90 bits per heavy atom. The van der Waals surface area contributed by atoms with Crippen LogP contribution in [-0.4, -0.2) is 44.3 Å². The van der Waals surface area contributed by atoms with Crippen LogP contribution in [0.4, 0.5) is 5.95 Å². The molecule has 1 N–H and O–H groups in total. The minimum absolute atomic E-state index is 0.599. The first-order valence-electron chi connectivity index (χ1n) is 8.10. The van der Waals surface area contributed by atoms with Crippen molar-refractivity contribution < 1.29 is 5.11 Å². The first kappa shape index (κ1) is 15.2. The average molecular weight is 310 g/mol. The molecule has 1 aromatic rings. The molecule has 6 heteroatoms. The Kier molecular flexibility index (Phi) is 4.45. The van der Waals surface area contributed by atoms with E-state index in [9.17, 15) is 5.11 Å². The van der Waals surface area contributed by atoms with E-state index in [0.29, 0.717) is 6.04 Å². The summed E-state index contributed by atoms with van der Waals surface area (Å²) in [6.07, 6.45) is 7.13. The van der Waals surface area contributed by atoms with Gasteiger partial charge in [-0.15, -0.1) is 10.2 Å². The van der Waals surface area contributed by atoms with Crippen molar-refractivity contribution in [2.24, 2.45) is 0 Å². The van der Waals surface area contributed by atoms with Gasteiger partial charge in [0.2, 0.25) is 5.95 Å². The molecule has 21 heavy (non-hydrogen) atoms. The van der Waals surface area contributed by atoms with Gasteiger partial charge in [0.25, 0.3) is 0 Å². The second-order valence-electron chi connectivity index (χ2n) is 6.84. The Labute approximate surface area is 131 Å². The Morgan fingerprint density at radius 1 is 1.19 bits per heavy atom. The van der Waals surface area contributed by atoms with Crippen LogP contribution in [0.2, 0.25) is 0 Å². The molecule has 2 aliphatic rings. The normalized spacial score (nSPS) is 20.0. The van der Waals surface area contributed by atoms with Gasteiger partial charge in [0, 0.05) is 24.9 Å². The number of nitrogens with zero attached hydrogens (tertiary/aromatic N) is 4. The molecule has 1 saturated heterocycles. The summed E-state index contributed by atoms with van der Waals surface area (Å²) >= 11 is 1.73. The van der Waals surface area contributed by atoms with Crippen LogP contribution in [-0.2, 0) is 0 Å². The zero-order valence-corrected chi connectivity index (χ0v) is 13.9. The molecular weight excluding hydrogens is 284 g/mol. The van der Waals surface area contributed by atoms with E-state index in [-0.39, 0.29) is 0 Å². The lowest BCUT2D eigenvalue weighted by Gasteiger charge is -2.27. The van der Waals surface area contributed by atoms with E-state index < -0.39 is 5.60 Å². The molecular formula is C15H26N4OS. The number of hydrogen-bond acceptors (Lipinski definition) is 5. The van der Waals surface area contributed by atoms with Crippen molar-refractivity contribution in [2.45, 2.75) is 69.2 Å². The highest BCUT2D eigenvalue weighted by Crippen LogP contribution is 2.41. The molecule has 118 valence electrons. The highest BCUT2D eigenvalue weighted by Gasteiger charge is 2.32. The maximum absolute atomic E-state index is 9.83. The molecule has 0 amide bonds. The standard InChI is InChI=1S/C15H26N4OS/c1-15(2,20)8-11-21-14-17-16-13(19(14)12-6-7-12)18-9-4-3-5-10-18/h12,20H,3-11H2,1-2H3. The summed E-state index contributed by atoms with van der Waals surface area (Å²) in [6, 6.07) is 0.599. The van der Waals surface area contributed by atoms with Crippen molar-refractivity contribution in [3.8, 4) is 0 Å². The molecule has 1 aromatic heterocycles. The first-order valence-corrected chi connectivity index (χ1v) is 9.08. The fraction of sp³-hybridized carbons (Fsp3) is 0.867. The van der Waals surface area contributed by atoms with Crippen LogP contribution in [0.1, 0.15) is 58.4 Å². The Bertz CT molecular complexity index is 473.